The highest BCUT2D eigenvalue weighted by Gasteiger charge is 2.09. The second-order valence-electron chi connectivity index (χ2n) is 4.20. The van der Waals surface area contributed by atoms with Crippen molar-refractivity contribution >= 4 is 15.9 Å². The molecule has 0 amide bonds. The van der Waals surface area contributed by atoms with Gasteiger partial charge in [0.05, 0.1) is 19.0 Å². The summed E-state index contributed by atoms with van der Waals surface area (Å²) < 4.78 is 5.94. The van der Waals surface area contributed by atoms with E-state index in [2.05, 4.69) is 44.7 Å². The van der Waals surface area contributed by atoms with Gasteiger partial charge in [-0.25, -0.2) is 9.97 Å². The molecule has 18 heavy (non-hydrogen) atoms. The van der Waals surface area contributed by atoms with E-state index in [0.29, 0.717) is 5.75 Å². The molecule has 0 atom stereocenters. The Morgan fingerprint density at radius 1 is 1.17 bits per heavy atom. The first-order valence-electron chi connectivity index (χ1n) is 5.64. The minimum Gasteiger partial charge on any atom is -0.495 e. The zero-order valence-corrected chi connectivity index (χ0v) is 12.1. The monoisotopic (exact) mass is 307 g/mol. The lowest BCUT2D eigenvalue weighted by molar-refractivity contribution is 0.413. The molecule has 0 spiro atoms. The molecule has 4 nitrogen and oxygen atoms in total. The smallest absolute Gasteiger partial charge is 0.137 e. The second kappa shape index (κ2) is 5.44. The Morgan fingerprint density at radius 3 is 2.61 bits per heavy atom. The van der Waals surface area contributed by atoms with Crippen LogP contribution >= 0.6 is 15.9 Å². The van der Waals surface area contributed by atoms with Crippen molar-refractivity contribution in [3.8, 4) is 17.0 Å². The van der Waals surface area contributed by atoms with Crippen molar-refractivity contribution in [2.75, 3.05) is 7.11 Å². The molecule has 0 bridgehead atoms. The maximum atomic E-state index is 5.17. The standard InChI is InChI=1S/C13H14BrN3O/c1-8(2)13-16-11(5-12(14)17-13)9-4-10(18-3)7-15-6-9/h4-8H,1-3H3. The molecule has 0 aliphatic rings. The second-order valence-corrected chi connectivity index (χ2v) is 5.01. The van der Waals surface area contributed by atoms with Crippen molar-refractivity contribution in [2.24, 2.45) is 0 Å². The highest BCUT2D eigenvalue weighted by Crippen LogP contribution is 2.24. The summed E-state index contributed by atoms with van der Waals surface area (Å²) in [4.78, 5) is 13.0. The molecule has 2 aromatic rings. The zero-order valence-electron chi connectivity index (χ0n) is 10.5. The Kier molecular flexibility index (Phi) is 3.91. The zero-order chi connectivity index (χ0) is 13.1. The van der Waals surface area contributed by atoms with Crippen molar-refractivity contribution in [2.45, 2.75) is 19.8 Å². The molecule has 2 aromatic heterocycles. The van der Waals surface area contributed by atoms with Crippen LogP contribution in [0.3, 0.4) is 0 Å². The van der Waals surface area contributed by atoms with Crippen LogP contribution in [0.5, 0.6) is 5.75 Å². The molecule has 0 saturated carbocycles. The average molecular weight is 308 g/mol. The molecule has 0 radical (unpaired) electrons. The average Bonchev–Trinajstić information content (AvgIpc) is 2.38. The number of nitrogens with zero attached hydrogens (tertiary/aromatic N) is 3. The first-order valence-corrected chi connectivity index (χ1v) is 6.43. The number of hydrogen-bond acceptors (Lipinski definition) is 4. The molecule has 2 heterocycles. The van der Waals surface area contributed by atoms with E-state index < -0.39 is 0 Å². The predicted molar refractivity (Wildman–Crippen MR) is 73.6 cm³/mol. The summed E-state index contributed by atoms with van der Waals surface area (Å²) in [5, 5.41) is 0. The molecule has 0 aromatic carbocycles. The molecular formula is C13H14BrN3O. The molecule has 2 rings (SSSR count). The van der Waals surface area contributed by atoms with E-state index in [1.54, 1.807) is 19.5 Å². The first-order chi connectivity index (χ1) is 8.60. The number of pyridine rings is 1. The summed E-state index contributed by atoms with van der Waals surface area (Å²) in [6.45, 7) is 4.13. The maximum Gasteiger partial charge on any atom is 0.137 e. The van der Waals surface area contributed by atoms with E-state index >= 15 is 0 Å². The third kappa shape index (κ3) is 2.85. The van der Waals surface area contributed by atoms with Crippen molar-refractivity contribution < 1.29 is 4.74 Å². The van der Waals surface area contributed by atoms with Gasteiger partial charge in [0, 0.05) is 17.7 Å². The minimum atomic E-state index is 0.278. The minimum absolute atomic E-state index is 0.278. The van der Waals surface area contributed by atoms with E-state index in [1.807, 2.05) is 12.1 Å². The number of aromatic nitrogens is 3. The van der Waals surface area contributed by atoms with Gasteiger partial charge in [0.1, 0.15) is 16.2 Å². The van der Waals surface area contributed by atoms with Gasteiger partial charge in [-0.3, -0.25) is 4.98 Å². The van der Waals surface area contributed by atoms with Gasteiger partial charge in [0.15, 0.2) is 0 Å². The number of halogens is 1. The van der Waals surface area contributed by atoms with Crippen LogP contribution in [0.25, 0.3) is 11.3 Å². The van der Waals surface area contributed by atoms with E-state index in [-0.39, 0.29) is 5.92 Å². The molecular weight excluding hydrogens is 294 g/mol. The summed E-state index contributed by atoms with van der Waals surface area (Å²) in [5.74, 6) is 1.80. The van der Waals surface area contributed by atoms with E-state index in [1.165, 1.54) is 0 Å². The summed E-state index contributed by atoms with van der Waals surface area (Å²) in [7, 11) is 1.62. The van der Waals surface area contributed by atoms with Crippen LogP contribution in [-0.4, -0.2) is 22.1 Å². The van der Waals surface area contributed by atoms with Gasteiger partial charge >= 0.3 is 0 Å². The Morgan fingerprint density at radius 2 is 1.94 bits per heavy atom. The Labute approximate surface area is 115 Å². The van der Waals surface area contributed by atoms with Crippen molar-refractivity contribution in [1.29, 1.82) is 0 Å². The quantitative estimate of drug-likeness (QED) is 0.815. The summed E-state index contributed by atoms with van der Waals surface area (Å²) in [6.07, 6.45) is 3.44. The van der Waals surface area contributed by atoms with Crippen LogP contribution < -0.4 is 4.74 Å². The summed E-state index contributed by atoms with van der Waals surface area (Å²) >= 11 is 3.41. The predicted octanol–water partition coefficient (Wildman–Crippen LogP) is 3.43. The largest absolute Gasteiger partial charge is 0.495 e. The molecule has 0 aliphatic carbocycles. The van der Waals surface area contributed by atoms with Crippen molar-refractivity contribution in [1.82, 2.24) is 15.0 Å². The lowest BCUT2D eigenvalue weighted by Gasteiger charge is -2.08. The number of rotatable bonds is 3. The van der Waals surface area contributed by atoms with Crippen LogP contribution in [0.2, 0.25) is 0 Å². The molecule has 94 valence electrons. The fourth-order valence-corrected chi connectivity index (χ4v) is 1.91. The lowest BCUT2D eigenvalue weighted by Crippen LogP contribution is -1.99. The van der Waals surface area contributed by atoms with Gasteiger partial charge in [-0.15, -0.1) is 0 Å². The van der Waals surface area contributed by atoms with Crippen LogP contribution in [0.1, 0.15) is 25.6 Å². The van der Waals surface area contributed by atoms with Gasteiger partial charge in [-0.05, 0) is 28.1 Å². The third-order valence-electron chi connectivity index (χ3n) is 2.47. The lowest BCUT2D eigenvalue weighted by atomic mass is 10.1. The Bertz CT molecular complexity index is 558. The molecule has 5 heteroatoms. The van der Waals surface area contributed by atoms with Gasteiger partial charge in [0.25, 0.3) is 0 Å². The first kappa shape index (κ1) is 13.0. The van der Waals surface area contributed by atoms with Crippen LogP contribution in [0.4, 0.5) is 0 Å². The third-order valence-corrected chi connectivity index (χ3v) is 2.88. The molecule has 0 N–H and O–H groups in total. The van der Waals surface area contributed by atoms with Crippen molar-refractivity contribution in [3.63, 3.8) is 0 Å². The fourth-order valence-electron chi connectivity index (χ4n) is 1.51. The molecule has 0 fully saturated rings. The highest BCUT2D eigenvalue weighted by molar-refractivity contribution is 9.10. The van der Waals surface area contributed by atoms with E-state index in [4.69, 9.17) is 4.74 Å². The van der Waals surface area contributed by atoms with Crippen LogP contribution in [0.15, 0.2) is 29.1 Å². The topological polar surface area (TPSA) is 47.9 Å². The Hall–Kier alpha value is -1.49. The van der Waals surface area contributed by atoms with Gasteiger partial charge < -0.3 is 4.74 Å². The molecule has 0 saturated heterocycles. The molecule has 0 aliphatic heterocycles. The van der Waals surface area contributed by atoms with Crippen LogP contribution in [-0.2, 0) is 0 Å². The maximum absolute atomic E-state index is 5.17. The fraction of sp³-hybridized carbons (Fsp3) is 0.308. The number of hydrogen-bond donors (Lipinski definition) is 0. The SMILES string of the molecule is COc1cncc(-c2cc(Br)nc(C(C)C)n2)c1. The number of ether oxygens (including phenoxy) is 1. The normalized spacial score (nSPS) is 10.7. The van der Waals surface area contributed by atoms with Gasteiger partial charge in [0.2, 0.25) is 0 Å². The molecule has 0 unspecified atom stereocenters. The van der Waals surface area contributed by atoms with Gasteiger partial charge in [-0.2, -0.15) is 0 Å². The van der Waals surface area contributed by atoms with Gasteiger partial charge in [-0.1, -0.05) is 13.8 Å². The number of methoxy groups -OCH3 is 1. The van der Waals surface area contributed by atoms with E-state index in [9.17, 15) is 0 Å². The van der Waals surface area contributed by atoms with E-state index in [0.717, 1.165) is 21.7 Å². The summed E-state index contributed by atoms with van der Waals surface area (Å²) in [6, 6.07) is 3.79. The van der Waals surface area contributed by atoms with Crippen LogP contribution in [0, 0.1) is 0 Å². The highest BCUT2D eigenvalue weighted by atomic mass is 79.9. The Balaban J connectivity index is 2.49. The summed E-state index contributed by atoms with van der Waals surface area (Å²) in [5.41, 5.74) is 1.76. The van der Waals surface area contributed by atoms with Crippen molar-refractivity contribution in [3.05, 3.63) is 35.0 Å².